The van der Waals surface area contributed by atoms with E-state index in [4.69, 9.17) is 0 Å². The molecule has 0 saturated heterocycles. The fraction of sp³-hybridized carbons (Fsp3) is 0.125. The van der Waals surface area contributed by atoms with Gasteiger partial charge in [-0.2, -0.15) is 0 Å². The maximum atomic E-state index is 13.5. The predicted molar refractivity (Wildman–Crippen MR) is 110 cm³/mol. The van der Waals surface area contributed by atoms with E-state index in [9.17, 15) is 4.79 Å². The molecule has 3 aromatic carbocycles. The summed E-state index contributed by atoms with van der Waals surface area (Å²) in [6.45, 7) is 4.66. The number of para-hydroxylation sites is 1. The lowest BCUT2D eigenvalue weighted by atomic mass is 10.0. The molecule has 1 amide bonds. The molecule has 0 bridgehead atoms. The molecular formula is C24H23NO. The fourth-order valence-corrected chi connectivity index (χ4v) is 3.04. The van der Waals surface area contributed by atoms with Crippen molar-refractivity contribution in [1.29, 1.82) is 0 Å². The summed E-state index contributed by atoms with van der Waals surface area (Å²) in [6, 6.07) is 27.8. The van der Waals surface area contributed by atoms with Gasteiger partial charge < -0.3 is 4.90 Å². The quantitative estimate of drug-likeness (QED) is 0.438. The maximum absolute atomic E-state index is 13.5. The Morgan fingerprint density at radius 2 is 1.42 bits per heavy atom. The summed E-state index contributed by atoms with van der Waals surface area (Å²) in [5.41, 5.74) is 4.68. The molecule has 0 radical (unpaired) electrons. The molecule has 0 spiro atoms. The summed E-state index contributed by atoms with van der Waals surface area (Å²) in [7, 11) is 0. The van der Waals surface area contributed by atoms with Crippen LogP contribution in [-0.4, -0.2) is 12.5 Å². The Bertz CT molecular complexity index is 898. The average Bonchev–Trinajstić information content (AvgIpc) is 2.69. The molecule has 26 heavy (non-hydrogen) atoms. The lowest BCUT2D eigenvalue weighted by molar-refractivity contribution is -0.113. The smallest absolute Gasteiger partial charge is 0.258 e. The van der Waals surface area contributed by atoms with Gasteiger partial charge in [0, 0.05) is 17.8 Å². The van der Waals surface area contributed by atoms with Gasteiger partial charge in [0.25, 0.3) is 5.91 Å². The topological polar surface area (TPSA) is 20.3 Å². The molecule has 0 N–H and O–H groups in total. The van der Waals surface area contributed by atoms with Gasteiger partial charge in [0.15, 0.2) is 0 Å². The van der Waals surface area contributed by atoms with E-state index in [-0.39, 0.29) is 5.91 Å². The van der Waals surface area contributed by atoms with Crippen LogP contribution in [0.4, 0.5) is 5.69 Å². The first-order chi connectivity index (χ1) is 12.7. The highest BCUT2D eigenvalue weighted by Gasteiger charge is 2.21. The van der Waals surface area contributed by atoms with Crippen LogP contribution in [0, 0.1) is 6.92 Å². The normalized spacial score (nSPS) is 11.2. The summed E-state index contributed by atoms with van der Waals surface area (Å²) in [4.78, 5) is 15.3. The third-order valence-corrected chi connectivity index (χ3v) is 4.39. The summed E-state index contributed by atoms with van der Waals surface area (Å²) in [5.74, 6) is 0.0110. The minimum Gasteiger partial charge on any atom is -0.308 e. The van der Waals surface area contributed by atoms with Crippen LogP contribution in [0.25, 0.3) is 11.6 Å². The van der Waals surface area contributed by atoms with Crippen molar-refractivity contribution in [2.45, 2.75) is 13.8 Å². The average molecular weight is 341 g/mol. The van der Waals surface area contributed by atoms with Crippen molar-refractivity contribution in [2.75, 3.05) is 11.4 Å². The van der Waals surface area contributed by atoms with E-state index in [2.05, 4.69) is 0 Å². The van der Waals surface area contributed by atoms with Crippen LogP contribution in [0.15, 0.2) is 84.9 Å². The van der Waals surface area contributed by atoms with Crippen LogP contribution in [0.1, 0.15) is 23.6 Å². The van der Waals surface area contributed by atoms with Crippen molar-refractivity contribution in [3.05, 3.63) is 102 Å². The zero-order chi connectivity index (χ0) is 18.4. The zero-order valence-corrected chi connectivity index (χ0v) is 15.2. The molecule has 2 nitrogen and oxygen atoms in total. The van der Waals surface area contributed by atoms with E-state index in [1.54, 1.807) is 0 Å². The van der Waals surface area contributed by atoms with Gasteiger partial charge in [0.05, 0.1) is 0 Å². The van der Waals surface area contributed by atoms with Crippen molar-refractivity contribution < 1.29 is 4.79 Å². The van der Waals surface area contributed by atoms with Crippen LogP contribution in [0.2, 0.25) is 0 Å². The second-order valence-corrected chi connectivity index (χ2v) is 6.17. The van der Waals surface area contributed by atoms with Crippen LogP contribution < -0.4 is 4.90 Å². The first-order valence-electron chi connectivity index (χ1n) is 8.90. The highest BCUT2D eigenvalue weighted by Crippen LogP contribution is 2.26. The molecule has 3 aromatic rings. The Morgan fingerprint density at radius 3 is 2.04 bits per heavy atom. The number of hydrogen-bond acceptors (Lipinski definition) is 1. The van der Waals surface area contributed by atoms with E-state index < -0.39 is 0 Å². The van der Waals surface area contributed by atoms with Crippen LogP contribution in [0.3, 0.4) is 0 Å². The molecule has 0 unspecified atom stereocenters. The van der Waals surface area contributed by atoms with E-state index in [1.807, 2.05) is 110 Å². The van der Waals surface area contributed by atoms with E-state index in [0.29, 0.717) is 12.1 Å². The number of benzene rings is 3. The third kappa shape index (κ3) is 3.92. The highest BCUT2D eigenvalue weighted by molar-refractivity contribution is 6.30. The summed E-state index contributed by atoms with van der Waals surface area (Å²) in [5, 5.41) is 0. The van der Waals surface area contributed by atoms with Gasteiger partial charge >= 0.3 is 0 Å². The second-order valence-electron chi connectivity index (χ2n) is 6.17. The van der Waals surface area contributed by atoms with Gasteiger partial charge in [0.2, 0.25) is 0 Å². The summed E-state index contributed by atoms with van der Waals surface area (Å²) < 4.78 is 0. The molecule has 0 saturated carbocycles. The van der Waals surface area contributed by atoms with Crippen molar-refractivity contribution in [3.63, 3.8) is 0 Å². The van der Waals surface area contributed by atoms with Gasteiger partial charge in [-0.25, -0.2) is 0 Å². The number of hydrogen-bond donors (Lipinski definition) is 0. The minimum atomic E-state index is 0.0110. The summed E-state index contributed by atoms with van der Waals surface area (Å²) >= 11 is 0. The van der Waals surface area contributed by atoms with Crippen LogP contribution in [0.5, 0.6) is 0 Å². The second kappa shape index (κ2) is 8.30. The lowest BCUT2D eigenvalue weighted by Crippen LogP contribution is -2.32. The van der Waals surface area contributed by atoms with Gasteiger partial charge in [-0.1, -0.05) is 78.9 Å². The Labute approximate surface area is 155 Å². The van der Waals surface area contributed by atoms with Gasteiger partial charge in [-0.15, -0.1) is 0 Å². The Morgan fingerprint density at radius 1 is 0.846 bits per heavy atom. The number of anilines is 1. The molecular weight excluding hydrogens is 318 g/mol. The number of likely N-dealkylation sites (N-methyl/N-ethyl adjacent to an activating group) is 1. The molecule has 0 aliphatic carbocycles. The predicted octanol–water partition coefficient (Wildman–Crippen LogP) is 5.59. The molecule has 0 aromatic heterocycles. The summed E-state index contributed by atoms with van der Waals surface area (Å²) in [6.07, 6.45) is 1.97. The van der Waals surface area contributed by atoms with Crippen molar-refractivity contribution in [3.8, 4) is 0 Å². The van der Waals surface area contributed by atoms with Gasteiger partial charge in [0.1, 0.15) is 0 Å². The van der Waals surface area contributed by atoms with Gasteiger partial charge in [-0.3, -0.25) is 4.79 Å². The monoisotopic (exact) mass is 341 g/mol. The first-order valence-corrected chi connectivity index (χ1v) is 8.90. The number of rotatable bonds is 5. The number of nitrogens with zero attached hydrogens (tertiary/aromatic N) is 1. The molecule has 2 heteroatoms. The standard InChI is InChI=1S/C24H23NO/c1-3-25(23-17-11-10-12-19(23)2)24(26)22(21-15-8-5-9-16-21)18-20-13-6-4-7-14-20/h4-18H,3H2,1-2H3/b22-18+. The largest absolute Gasteiger partial charge is 0.308 e. The zero-order valence-electron chi connectivity index (χ0n) is 15.2. The molecule has 0 atom stereocenters. The molecule has 0 heterocycles. The Kier molecular flexibility index (Phi) is 5.65. The fourth-order valence-electron chi connectivity index (χ4n) is 3.04. The molecule has 0 aliphatic rings. The highest BCUT2D eigenvalue weighted by atomic mass is 16.2. The molecule has 0 aliphatic heterocycles. The van der Waals surface area contributed by atoms with Crippen LogP contribution >= 0.6 is 0 Å². The first kappa shape index (κ1) is 17.7. The minimum absolute atomic E-state index is 0.0110. The number of amides is 1. The molecule has 3 rings (SSSR count). The Balaban J connectivity index is 2.08. The van der Waals surface area contributed by atoms with E-state index in [0.717, 1.165) is 22.4 Å². The molecule has 130 valence electrons. The van der Waals surface area contributed by atoms with Gasteiger partial charge in [-0.05, 0) is 42.7 Å². The number of carbonyl (C=O) groups is 1. The van der Waals surface area contributed by atoms with Crippen molar-refractivity contribution in [2.24, 2.45) is 0 Å². The lowest BCUT2D eigenvalue weighted by Gasteiger charge is -2.24. The Hall–Kier alpha value is -3.13. The maximum Gasteiger partial charge on any atom is 0.258 e. The van der Waals surface area contributed by atoms with Crippen LogP contribution in [-0.2, 0) is 4.79 Å². The number of aryl methyl sites for hydroxylation is 1. The SMILES string of the molecule is CCN(C(=O)/C(=C/c1ccccc1)c1ccccc1)c1ccccc1C. The van der Waals surface area contributed by atoms with E-state index >= 15 is 0 Å². The van der Waals surface area contributed by atoms with Crippen molar-refractivity contribution >= 4 is 23.2 Å². The van der Waals surface area contributed by atoms with Crippen molar-refractivity contribution in [1.82, 2.24) is 0 Å². The number of carbonyl (C=O) groups excluding carboxylic acids is 1. The van der Waals surface area contributed by atoms with E-state index in [1.165, 1.54) is 0 Å². The third-order valence-electron chi connectivity index (χ3n) is 4.39. The molecule has 0 fully saturated rings.